The molecule has 2 aromatic rings. The number of hydrogen-bond acceptors (Lipinski definition) is 12. The van der Waals surface area contributed by atoms with E-state index in [-0.39, 0.29) is 5.91 Å². The molecule has 4 rings (SSSR count). The Kier molecular flexibility index (Phi) is 14.1. The molecule has 0 saturated carbocycles. The van der Waals surface area contributed by atoms with Crippen LogP contribution in [0, 0.1) is 0 Å². The van der Waals surface area contributed by atoms with Crippen LogP contribution in [0.15, 0.2) is 24.3 Å². The maximum atomic E-state index is 12.9. The minimum absolute atomic E-state index is 0.183. The molecule has 47 heavy (non-hydrogen) atoms. The number of carboxylic acid groups (broad SMARTS) is 1. The lowest BCUT2D eigenvalue weighted by Crippen LogP contribution is -2.48. The van der Waals surface area contributed by atoms with Gasteiger partial charge < -0.3 is 59.4 Å². The number of benzene rings is 2. The predicted molar refractivity (Wildman–Crippen MR) is 170 cm³/mol. The molecule has 4 unspecified atom stereocenters. The number of methoxy groups -OCH3 is 4. The quantitative estimate of drug-likeness (QED) is 0.147. The van der Waals surface area contributed by atoms with Crippen molar-refractivity contribution in [3.05, 3.63) is 46.5 Å². The third-order valence-electron chi connectivity index (χ3n) is 8.61. The van der Waals surface area contributed by atoms with Crippen molar-refractivity contribution in [1.82, 2.24) is 9.80 Å². The van der Waals surface area contributed by atoms with Crippen LogP contribution in [-0.4, -0.2) is 145 Å². The smallest absolute Gasteiger partial charge is 0.335 e. The fraction of sp³-hybridized carbons (Fsp3) is 0.576. The first-order chi connectivity index (χ1) is 22.4. The van der Waals surface area contributed by atoms with E-state index in [1.54, 1.807) is 28.4 Å². The van der Waals surface area contributed by atoms with Gasteiger partial charge in [-0.2, -0.15) is 0 Å². The summed E-state index contributed by atoms with van der Waals surface area (Å²) in [6, 6.07) is 8.18. The summed E-state index contributed by atoms with van der Waals surface area (Å²) in [5.74, 6) is 1.97. The first-order valence-corrected chi connectivity index (χ1v) is 15.4. The number of amides is 1. The Balaban J connectivity index is 0.000000392. The van der Waals surface area contributed by atoms with Gasteiger partial charge >= 0.3 is 5.97 Å². The van der Waals surface area contributed by atoms with Crippen LogP contribution in [0.3, 0.4) is 0 Å². The Bertz CT molecular complexity index is 1360. The van der Waals surface area contributed by atoms with Crippen molar-refractivity contribution in [2.24, 2.45) is 0 Å². The number of aliphatic carboxylic acids is 1. The zero-order chi connectivity index (χ0) is 34.8. The molecule has 0 spiro atoms. The SMILES string of the molecule is COc1cc2c(cc1OC)CC(=O)N(CCCN(C)C[C@H]1Cc3cc(OC)c(OC)cc31)CC2.O=C(O)C(O)C(O)C(O)C(O)CO. The number of rotatable bonds is 15. The van der Waals surface area contributed by atoms with E-state index in [1.807, 2.05) is 17.0 Å². The van der Waals surface area contributed by atoms with E-state index in [0.29, 0.717) is 18.1 Å². The molecule has 14 heteroatoms. The van der Waals surface area contributed by atoms with Crippen LogP contribution in [0.5, 0.6) is 23.0 Å². The van der Waals surface area contributed by atoms with Crippen molar-refractivity contribution < 1.29 is 59.2 Å². The van der Waals surface area contributed by atoms with Gasteiger partial charge in [-0.25, -0.2) is 4.79 Å². The van der Waals surface area contributed by atoms with Gasteiger partial charge in [0.1, 0.15) is 18.3 Å². The summed E-state index contributed by atoms with van der Waals surface area (Å²) in [5.41, 5.74) is 4.91. The highest BCUT2D eigenvalue weighted by Gasteiger charge is 2.34. The molecular formula is C33H48N2O12. The summed E-state index contributed by atoms with van der Waals surface area (Å²) in [6.07, 6.45) is -4.57. The number of aliphatic hydroxyl groups is 5. The van der Waals surface area contributed by atoms with Gasteiger partial charge in [-0.1, -0.05) is 0 Å². The molecule has 0 bridgehead atoms. The van der Waals surface area contributed by atoms with Crippen LogP contribution < -0.4 is 18.9 Å². The van der Waals surface area contributed by atoms with Crippen LogP contribution in [-0.2, 0) is 28.9 Å². The standard InChI is InChI=1S/C27H36N2O5.C6H12O7/c1-28(17-21-11-20-14-25(33-4)26(34-5)16-22(20)21)8-6-9-29-10-7-18-12-23(31-2)24(32-3)13-19(18)15-27(29)30;7-1-2(8)3(9)4(10)5(11)6(12)13/h12-14,16,21H,6-11,15,17H2,1-5H3;2-5,7-11H,1H2,(H,12,13)/t21-;/m1./s1. The van der Waals surface area contributed by atoms with Gasteiger partial charge in [0.25, 0.3) is 0 Å². The van der Waals surface area contributed by atoms with Crippen LogP contribution >= 0.6 is 0 Å². The second-order valence-electron chi connectivity index (χ2n) is 11.7. The highest BCUT2D eigenvalue weighted by atomic mass is 16.5. The molecule has 1 heterocycles. The molecule has 1 amide bonds. The van der Waals surface area contributed by atoms with Gasteiger partial charge in [0, 0.05) is 25.6 Å². The summed E-state index contributed by atoms with van der Waals surface area (Å²) in [4.78, 5) is 27.4. The molecule has 2 aromatic carbocycles. The van der Waals surface area contributed by atoms with Crippen molar-refractivity contribution in [2.75, 3.05) is 68.3 Å². The van der Waals surface area contributed by atoms with E-state index in [4.69, 9.17) is 49.6 Å². The van der Waals surface area contributed by atoms with Crippen LogP contribution in [0.1, 0.15) is 34.6 Å². The molecule has 2 aliphatic rings. The maximum absolute atomic E-state index is 12.9. The minimum atomic E-state index is -2.20. The summed E-state index contributed by atoms with van der Waals surface area (Å²) in [6.45, 7) is 2.63. The summed E-state index contributed by atoms with van der Waals surface area (Å²) < 4.78 is 21.7. The molecule has 1 aliphatic carbocycles. The Labute approximate surface area is 274 Å². The number of carbonyl (C=O) groups excluding carboxylic acids is 1. The van der Waals surface area contributed by atoms with Gasteiger partial charge in [0.05, 0.1) is 41.5 Å². The third-order valence-corrected chi connectivity index (χ3v) is 8.61. The van der Waals surface area contributed by atoms with Crippen molar-refractivity contribution in [1.29, 1.82) is 0 Å². The first kappa shape index (κ1) is 37.8. The molecule has 1 aliphatic heterocycles. The number of carboxylic acids is 1. The van der Waals surface area contributed by atoms with Gasteiger partial charge in [-0.05, 0) is 79.4 Å². The van der Waals surface area contributed by atoms with Gasteiger partial charge in [-0.3, -0.25) is 4.79 Å². The fourth-order valence-electron chi connectivity index (χ4n) is 5.82. The first-order valence-electron chi connectivity index (χ1n) is 15.4. The van der Waals surface area contributed by atoms with Crippen LogP contribution in [0.25, 0.3) is 0 Å². The molecule has 0 saturated heterocycles. The highest BCUT2D eigenvalue weighted by Crippen LogP contribution is 2.42. The summed E-state index contributed by atoms with van der Waals surface area (Å²) in [7, 11) is 8.79. The molecule has 0 fully saturated rings. The lowest BCUT2D eigenvalue weighted by atomic mass is 9.77. The Morgan fingerprint density at radius 3 is 2.00 bits per heavy atom. The number of likely N-dealkylation sites (N-methyl/N-ethyl adjacent to an activating group) is 1. The average molecular weight is 665 g/mol. The lowest BCUT2D eigenvalue weighted by molar-refractivity contribution is -0.164. The molecule has 262 valence electrons. The van der Waals surface area contributed by atoms with Crippen molar-refractivity contribution >= 4 is 11.9 Å². The van der Waals surface area contributed by atoms with Crippen molar-refractivity contribution in [2.45, 2.75) is 56.0 Å². The van der Waals surface area contributed by atoms with E-state index in [1.165, 1.54) is 16.7 Å². The Morgan fingerprint density at radius 2 is 1.45 bits per heavy atom. The molecule has 6 N–H and O–H groups in total. The fourth-order valence-corrected chi connectivity index (χ4v) is 5.82. The van der Waals surface area contributed by atoms with E-state index in [0.717, 1.165) is 68.3 Å². The molecule has 14 nitrogen and oxygen atoms in total. The number of aliphatic hydroxyl groups excluding tert-OH is 5. The summed E-state index contributed by atoms with van der Waals surface area (Å²) >= 11 is 0. The third kappa shape index (κ3) is 9.46. The number of hydrogen-bond donors (Lipinski definition) is 6. The largest absolute Gasteiger partial charge is 0.493 e. The minimum Gasteiger partial charge on any atom is -0.493 e. The predicted octanol–water partition coefficient (Wildman–Crippen LogP) is -0.183. The van der Waals surface area contributed by atoms with E-state index in [9.17, 15) is 9.59 Å². The molecular weight excluding hydrogens is 616 g/mol. The number of carbonyl (C=O) groups is 2. The van der Waals surface area contributed by atoms with Gasteiger partial charge in [0.2, 0.25) is 5.91 Å². The molecule has 0 aromatic heterocycles. The maximum Gasteiger partial charge on any atom is 0.335 e. The summed E-state index contributed by atoms with van der Waals surface area (Å²) in [5, 5.41) is 51.8. The van der Waals surface area contributed by atoms with Crippen LogP contribution in [0.2, 0.25) is 0 Å². The van der Waals surface area contributed by atoms with Crippen molar-refractivity contribution in [3.8, 4) is 23.0 Å². The zero-order valence-corrected chi connectivity index (χ0v) is 27.6. The van der Waals surface area contributed by atoms with E-state index >= 15 is 0 Å². The highest BCUT2D eigenvalue weighted by molar-refractivity contribution is 5.80. The Hall–Kier alpha value is -3.66. The monoisotopic (exact) mass is 664 g/mol. The number of nitrogens with zero attached hydrogens (tertiary/aromatic N) is 2. The lowest BCUT2D eigenvalue weighted by Gasteiger charge is -2.34. The topological polar surface area (TPSA) is 199 Å². The van der Waals surface area contributed by atoms with Gasteiger partial charge in [0.15, 0.2) is 29.1 Å². The molecule has 5 atom stereocenters. The van der Waals surface area contributed by atoms with E-state index < -0.39 is 37.0 Å². The zero-order valence-electron chi connectivity index (χ0n) is 27.6. The number of ether oxygens (including phenoxy) is 4. The average Bonchev–Trinajstić information content (AvgIpc) is 3.22. The van der Waals surface area contributed by atoms with Gasteiger partial charge in [-0.15, -0.1) is 0 Å². The second kappa shape index (κ2) is 17.5. The normalized spacial score (nSPS) is 17.9. The van der Waals surface area contributed by atoms with E-state index in [2.05, 4.69) is 24.1 Å². The van der Waals surface area contributed by atoms with Crippen LogP contribution in [0.4, 0.5) is 0 Å². The second-order valence-corrected chi connectivity index (χ2v) is 11.7. The Morgan fingerprint density at radius 1 is 0.894 bits per heavy atom. The van der Waals surface area contributed by atoms with Crippen molar-refractivity contribution in [3.63, 3.8) is 0 Å². The molecule has 0 radical (unpaired) electrons. The number of fused-ring (bicyclic) bond motifs is 2.